The molecule has 19 heavy (non-hydrogen) atoms. The Hall–Kier alpha value is 0.0169. The van der Waals surface area contributed by atoms with Gasteiger partial charge in [0.15, 0.2) is 0 Å². The van der Waals surface area contributed by atoms with Crippen molar-refractivity contribution in [2.75, 3.05) is 46.2 Å². The molecule has 0 aliphatic carbocycles. The van der Waals surface area contributed by atoms with E-state index < -0.39 is 8.80 Å². The third-order valence-corrected chi connectivity index (χ3v) is 5.59. The Balaban J connectivity index is 3.89. The number of ether oxygens (including phenoxy) is 2. The van der Waals surface area contributed by atoms with Crippen LogP contribution in [-0.2, 0) is 22.8 Å². The van der Waals surface area contributed by atoms with Gasteiger partial charge < -0.3 is 22.8 Å². The highest BCUT2D eigenvalue weighted by molar-refractivity contribution is 6.60. The molecular weight excluding hydrogens is 264 g/mol. The first-order valence-electron chi connectivity index (χ1n) is 7.32. The van der Waals surface area contributed by atoms with Crippen LogP contribution >= 0.6 is 0 Å². The third kappa shape index (κ3) is 9.54. The van der Waals surface area contributed by atoms with Gasteiger partial charge in [-0.1, -0.05) is 0 Å². The molecular formula is C13H30O5Si. The Morgan fingerprint density at radius 1 is 0.632 bits per heavy atom. The molecule has 0 saturated heterocycles. The van der Waals surface area contributed by atoms with Crippen molar-refractivity contribution in [1.29, 1.82) is 0 Å². The summed E-state index contributed by atoms with van der Waals surface area (Å²) in [5, 5.41) is 0. The van der Waals surface area contributed by atoms with Crippen LogP contribution in [0, 0.1) is 0 Å². The molecule has 5 nitrogen and oxygen atoms in total. The molecule has 0 fully saturated rings. The van der Waals surface area contributed by atoms with Crippen molar-refractivity contribution in [3.05, 3.63) is 0 Å². The van der Waals surface area contributed by atoms with Crippen LogP contribution < -0.4 is 0 Å². The molecule has 0 aliphatic rings. The smallest absolute Gasteiger partial charge is 0.379 e. The van der Waals surface area contributed by atoms with Gasteiger partial charge in [-0.15, -0.1) is 0 Å². The Morgan fingerprint density at radius 3 is 1.63 bits per heavy atom. The van der Waals surface area contributed by atoms with E-state index in [4.69, 9.17) is 22.8 Å². The third-order valence-electron chi connectivity index (χ3n) is 2.44. The molecule has 6 heteroatoms. The van der Waals surface area contributed by atoms with Crippen molar-refractivity contribution in [1.82, 2.24) is 0 Å². The molecule has 0 aromatic carbocycles. The van der Waals surface area contributed by atoms with Gasteiger partial charge in [0.25, 0.3) is 0 Å². The van der Waals surface area contributed by atoms with E-state index in [1.165, 1.54) is 0 Å². The van der Waals surface area contributed by atoms with E-state index in [0.717, 1.165) is 19.1 Å². The molecule has 0 unspecified atom stereocenters. The van der Waals surface area contributed by atoms with E-state index >= 15 is 0 Å². The van der Waals surface area contributed by atoms with Crippen LogP contribution in [0.25, 0.3) is 0 Å². The summed E-state index contributed by atoms with van der Waals surface area (Å²) in [5.74, 6) is 0. The summed E-state index contributed by atoms with van der Waals surface area (Å²) in [5.41, 5.74) is 0. The van der Waals surface area contributed by atoms with Crippen LogP contribution in [-0.4, -0.2) is 55.1 Å². The first-order valence-corrected chi connectivity index (χ1v) is 9.25. The van der Waals surface area contributed by atoms with Crippen molar-refractivity contribution in [3.8, 4) is 0 Å². The minimum atomic E-state index is -2.48. The fraction of sp³-hybridized carbons (Fsp3) is 1.00. The molecule has 116 valence electrons. The van der Waals surface area contributed by atoms with Crippen molar-refractivity contribution >= 4 is 8.80 Å². The molecule has 0 radical (unpaired) electrons. The Kier molecular flexibility index (Phi) is 13.0. The van der Waals surface area contributed by atoms with Gasteiger partial charge in [-0.05, 0) is 34.1 Å². The van der Waals surface area contributed by atoms with Crippen LogP contribution in [0.15, 0.2) is 0 Å². The van der Waals surface area contributed by atoms with E-state index in [0.29, 0.717) is 39.6 Å². The summed E-state index contributed by atoms with van der Waals surface area (Å²) in [6, 6.07) is 0.803. The molecule has 0 bridgehead atoms. The van der Waals surface area contributed by atoms with Gasteiger partial charge in [-0.3, -0.25) is 0 Å². The molecule has 0 aliphatic heterocycles. The normalized spacial score (nSPS) is 12.0. The highest BCUT2D eigenvalue weighted by Gasteiger charge is 2.39. The first-order chi connectivity index (χ1) is 9.24. The lowest BCUT2D eigenvalue weighted by Crippen LogP contribution is -2.46. The van der Waals surface area contributed by atoms with Crippen molar-refractivity contribution < 1.29 is 22.8 Å². The lowest BCUT2D eigenvalue weighted by Gasteiger charge is -2.28. The molecule has 0 rings (SSSR count). The molecule has 0 amide bonds. The van der Waals surface area contributed by atoms with Crippen molar-refractivity contribution in [2.24, 2.45) is 0 Å². The zero-order valence-corrected chi connectivity index (χ0v) is 13.9. The van der Waals surface area contributed by atoms with Crippen LogP contribution in [0.4, 0.5) is 0 Å². The van der Waals surface area contributed by atoms with Gasteiger partial charge in [-0.25, -0.2) is 0 Å². The van der Waals surface area contributed by atoms with Crippen LogP contribution in [0.2, 0.25) is 6.04 Å². The summed E-state index contributed by atoms with van der Waals surface area (Å²) in [7, 11) is -2.48. The summed E-state index contributed by atoms with van der Waals surface area (Å²) in [4.78, 5) is 0. The second kappa shape index (κ2) is 13.0. The molecule has 0 atom stereocenters. The Bertz CT molecular complexity index is 175. The van der Waals surface area contributed by atoms with E-state index in [2.05, 4.69) is 0 Å². The fourth-order valence-electron chi connectivity index (χ4n) is 1.76. The van der Waals surface area contributed by atoms with Gasteiger partial charge in [0.1, 0.15) is 0 Å². The van der Waals surface area contributed by atoms with Gasteiger partial charge >= 0.3 is 8.80 Å². The second-order valence-electron chi connectivity index (χ2n) is 3.89. The fourth-order valence-corrected chi connectivity index (χ4v) is 4.34. The molecule has 0 saturated carbocycles. The highest BCUT2D eigenvalue weighted by atomic mass is 28.4. The van der Waals surface area contributed by atoms with Gasteiger partial charge in [-0.2, -0.15) is 0 Å². The van der Waals surface area contributed by atoms with Crippen LogP contribution in [0.1, 0.15) is 34.1 Å². The number of hydrogen-bond donors (Lipinski definition) is 0. The monoisotopic (exact) mass is 294 g/mol. The highest BCUT2D eigenvalue weighted by Crippen LogP contribution is 2.18. The predicted octanol–water partition coefficient (Wildman–Crippen LogP) is 2.48. The van der Waals surface area contributed by atoms with Gasteiger partial charge in [0.2, 0.25) is 0 Å². The molecule has 0 aromatic rings. The largest absolute Gasteiger partial charge is 0.501 e. The average Bonchev–Trinajstić information content (AvgIpc) is 2.39. The van der Waals surface area contributed by atoms with E-state index in [1.54, 1.807) is 0 Å². The molecule has 0 N–H and O–H groups in total. The van der Waals surface area contributed by atoms with E-state index in [1.807, 2.05) is 27.7 Å². The maximum Gasteiger partial charge on any atom is 0.501 e. The quantitative estimate of drug-likeness (QED) is 0.364. The van der Waals surface area contributed by atoms with Crippen LogP contribution in [0.3, 0.4) is 0 Å². The standard InChI is InChI=1S/C13H30O5Si/c1-5-14-11-12-15-10-9-13-19(16-6-2,17-7-3)18-8-4/h5-13H2,1-4H3. The molecule has 0 aromatic heterocycles. The maximum absolute atomic E-state index is 5.77. The summed E-state index contributed by atoms with van der Waals surface area (Å²) in [6.07, 6.45) is 0.887. The van der Waals surface area contributed by atoms with E-state index in [9.17, 15) is 0 Å². The predicted molar refractivity (Wildman–Crippen MR) is 77.4 cm³/mol. The zero-order valence-electron chi connectivity index (χ0n) is 12.9. The SMILES string of the molecule is CCOCCOCCC[Si](OCC)(OCC)OCC. The van der Waals surface area contributed by atoms with Crippen molar-refractivity contribution in [3.63, 3.8) is 0 Å². The Labute approximate surface area is 118 Å². The first kappa shape index (κ1) is 19.0. The summed E-state index contributed by atoms with van der Waals surface area (Å²) < 4.78 is 28.0. The zero-order chi connectivity index (χ0) is 14.4. The minimum Gasteiger partial charge on any atom is -0.379 e. The maximum atomic E-state index is 5.77. The number of rotatable bonds is 14. The lowest BCUT2D eigenvalue weighted by atomic mass is 10.5. The summed E-state index contributed by atoms with van der Waals surface area (Å²) in [6.45, 7) is 12.5. The van der Waals surface area contributed by atoms with Crippen molar-refractivity contribution in [2.45, 2.75) is 40.2 Å². The van der Waals surface area contributed by atoms with E-state index in [-0.39, 0.29) is 0 Å². The second-order valence-corrected chi connectivity index (χ2v) is 6.63. The molecule has 0 heterocycles. The Morgan fingerprint density at radius 2 is 1.16 bits per heavy atom. The summed E-state index contributed by atoms with van der Waals surface area (Å²) >= 11 is 0. The minimum absolute atomic E-state index is 0.622. The average molecular weight is 294 g/mol. The molecule has 0 spiro atoms. The van der Waals surface area contributed by atoms with Crippen LogP contribution in [0.5, 0.6) is 0 Å². The topological polar surface area (TPSA) is 46.2 Å². The van der Waals surface area contributed by atoms with Gasteiger partial charge in [0.05, 0.1) is 13.2 Å². The van der Waals surface area contributed by atoms with Gasteiger partial charge in [0, 0.05) is 39.1 Å². The number of hydrogen-bond acceptors (Lipinski definition) is 5. The lowest BCUT2D eigenvalue weighted by molar-refractivity contribution is 0.0460.